The lowest BCUT2D eigenvalue weighted by atomic mass is 10.00. The fourth-order valence-corrected chi connectivity index (χ4v) is 6.83. The van der Waals surface area contributed by atoms with Crippen LogP contribution in [0.2, 0.25) is 0 Å². The minimum atomic E-state index is 0.597. The van der Waals surface area contributed by atoms with Gasteiger partial charge in [0.1, 0.15) is 11.0 Å². The van der Waals surface area contributed by atoms with E-state index in [0.717, 1.165) is 83.5 Å². The molecule has 0 aliphatic carbocycles. The first kappa shape index (κ1) is 30.5. The number of oxazole rings is 2. The standard InChI is InChI=1S/C47H30N4O2/c1-2-8-41-36(7-1)29-37(30-48-41)33-15-13-31(14-16-33)32-17-23-38(24-18-32)51(39-25-19-34(20-26-39)46-49-42-9-3-5-11-44(42)52-46)40-27-21-35(22-28-40)47-50-43-10-4-6-12-45(43)53-47/h1-30H. The maximum atomic E-state index is 6.06. The molecule has 10 rings (SSSR count). The van der Waals surface area contributed by atoms with Crippen molar-refractivity contribution in [3.8, 4) is 45.2 Å². The van der Waals surface area contributed by atoms with Crippen LogP contribution in [0.15, 0.2) is 191 Å². The molecular weight excluding hydrogens is 653 g/mol. The second-order valence-corrected chi connectivity index (χ2v) is 12.9. The van der Waals surface area contributed by atoms with Gasteiger partial charge in [0.15, 0.2) is 11.2 Å². The normalized spacial score (nSPS) is 11.4. The van der Waals surface area contributed by atoms with Gasteiger partial charge in [-0.15, -0.1) is 0 Å². The zero-order valence-corrected chi connectivity index (χ0v) is 28.4. The van der Waals surface area contributed by atoms with Gasteiger partial charge in [-0.05, 0) is 114 Å². The van der Waals surface area contributed by atoms with Gasteiger partial charge in [-0.3, -0.25) is 4.98 Å². The van der Waals surface area contributed by atoms with Gasteiger partial charge in [-0.1, -0.05) is 78.9 Å². The average molecular weight is 683 g/mol. The van der Waals surface area contributed by atoms with Gasteiger partial charge in [0, 0.05) is 45.3 Å². The summed E-state index contributed by atoms with van der Waals surface area (Å²) in [5.74, 6) is 1.19. The molecule has 6 nitrogen and oxygen atoms in total. The quantitative estimate of drug-likeness (QED) is 0.167. The maximum Gasteiger partial charge on any atom is 0.227 e. The van der Waals surface area contributed by atoms with Crippen molar-refractivity contribution in [1.82, 2.24) is 15.0 Å². The molecule has 0 atom stereocenters. The van der Waals surface area contributed by atoms with Crippen LogP contribution in [0, 0.1) is 0 Å². The summed E-state index contributed by atoms with van der Waals surface area (Å²) in [5.41, 5.74) is 13.6. The van der Waals surface area contributed by atoms with Crippen LogP contribution >= 0.6 is 0 Å². The van der Waals surface area contributed by atoms with Gasteiger partial charge < -0.3 is 13.7 Å². The van der Waals surface area contributed by atoms with Crippen LogP contribution in [0.1, 0.15) is 0 Å². The van der Waals surface area contributed by atoms with E-state index in [4.69, 9.17) is 18.8 Å². The largest absolute Gasteiger partial charge is 0.436 e. The Morgan fingerprint density at radius 2 is 0.755 bits per heavy atom. The molecule has 0 saturated heterocycles. The van der Waals surface area contributed by atoms with Crippen molar-refractivity contribution in [1.29, 1.82) is 0 Å². The van der Waals surface area contributed by atoms with Gasteiger partial charge in [-0.2, -0.15) is 0 Å². The van der Waals surface area contributed by atoms with E-state index in [9.17, 15) is 0 Å². The number of benzene rings is 7. The van der Waals surface area contributed by atoms with Crippen LogP contribution in [0.4, 0.5) is 17.1 Å². The molecule has 250 valence electrons. The summed E-state index contributed by atoms with van der Waals surface area (Å²) in [7, 11) is 0. The zero-order valence-electron chi connectivity index (χ0n) is 28.4. The highest BCUT2D eigenvalue weighted by Gasteiger charge is 2.16. The van der Waals surface area contributed by atoms with Crippen LogP contribution in [0.3, 0.4) is 0 Å². The fourth-order valence-electron chi connectivity index (χ4n) is 6.83. The summed E-state index contributed by atoms with van der Waals surface area (Å²) in [6.45, 7) is 0. The Morgan fingerprint density at radius 1 is 0.358 bits per heavy atom. The average Bonchev–Trinajstić information content (AvgIpc) is 3.87. The minimum absolute atomic E-state index is 0.597. The number of nitrogens with zero attached hydrogens (tertiary/aromatic N) is 4. The number of anilines is 3. The van der Waals surface area contributed by atoms with Gasteiger partial charge in [0.25, 0.3) is 0 Å². The van der Waals surface area contributed by atoms with Crippen molar-refractivity contribution < 1.29 is 8.83 Å². The summed E-state index contributed by atoms with van der Waals surface area (Å²) in [4.78, 5) is 16.3. The van der Waals surface area contributed by atoms with E-state index < -0.39 is 0 Å². The topological polar surface area (TPSA) is 68.2 Å². The predicted octanol–water partition coefficient (Wildman–Crippen LogP) is 12.7. The Balaban J connectivity index is 0.975. The molecule has 0 aliphatic rings. The third-order valence-corrected chi connectivity index (χ3v) is 9.60. The number of rotatable bonds is 7. The Kier molecular flexibility index (Phi) is 7.36. The number of hydrogen-bond acceptors (Lipinski definition) is 6. The highest BCUT2D eigenvalue weighted by atomic mass is 16.4. The molecule has 0 radical (unpaired) electrons. The molecule has 10 aromatic rings. The first-order chi connectivity index (χ1) is 26.2. The lowest BCUT2D eigenvalue weighted by Crippen LogP contribution is -2.09. The summed E-state index contributed by atoms with van der Waals surface area (Å²) in [5, 5.41) is 1.14. The molecule has 0 saturated carbocycles. The summed E-state index contributed by atoms with van der Waals surface area (Å²) < 4.78 is 12.1. The highest BCUT2D eigenvalue weighted by molar-refractivity contribution is 5.85. The molecule has 0 amide bonds. The Hall–Kier alpha value is -7.31. The predicted molar refractivity (Wildman–Crippen MR) is 213 cm³/mol. The van der Waals surface area contributed by atoms with Gasteiger partial charge in [0.05, 0.1) is 5.52 Å². The highest BCUT2D eigenvalue weighted by Crippen LogP contribution is 2.38. The lowest BCUT2D eigenvalue weighted by molar-refractivity contribution is 0.619. The number of pyridine rings is 1. The van der Waals surface area contributed by atoms with E-state index in [2.05, 4.69) is 119 Å². The van der Waals surface area contributed by atoms with Crippen molar-refractivity contribution in [3.63, 3.8) is 0 Å². The van der Waals surface area contributed by atoms with Crippen LogP contribution in [0.25, 0.3) is 78.3 Å². The van der Waals surface area contributed by atoms with Crippen molar-refractivity contribution >= 4 is 50.2 Å². The smallest absolute Gasteiger partial charge is 0.227 e. The van der Waals surface area contributed by atoms with E-state index in [1.54, 1.807) is 0 Å². The molecule has 0 unspecified atom stereocenters. The molecule has 0 fully saturated rings. The monoisotopic (exact) mass is 682 g/mol. The molecule has 53 heavy (non-hydrogen) atoms. The third kappa shape index (κ3) is 5.78. The molecule has 7 aromatic carbocycles. The Labute approximate surface area is 305 Å². The summed E-state index contributed by atoms with van der Waals surface area (Å²) in [6, 6.07) is 60.0. The number of fused-ring (bicyclic) bond motifs is 3. The first-order valence-electron chi connectivity index (χ1n) is 17.5. The Bertz CT molecular complexity index is 2690. The van der Waals surface area contributed by atoms with Gasteiger partial charge in [0.2, 0.25) is 11.8 Å². The van der Waals surface area contributed by atoms with E-state index in [1.807, 2.05) is 72.9 Å². The van der Waals surface area contributed by atoms with Crippen LogP contribution in [-0.2, 0) is 0 Å². The first-order valence-corrected chi connectivity index (χ1v) is 17.5. The van der Waals surface area contributed by atoms with Crippen molar-refractivity contribution in [2.75, 3.05) is 4.90 Å². The summed E-state index contributed by atoms with van der Waals surface area (Å²) >= 11 is 0. The Morgan fingerprint density at radius 3 is 1.25 bits per heavy atom. The zero-order chi connectivity index (χ0) is 35.1. The second-order valence-electron chi connectivity index (χ2n) is 12.9. The molecule has 3 aromatic heterocycles. The number of aromatic nitrogens is 3. The number of para-hydroxylation sites is 5. The van der Waals surface area contributed by atoms with Crippen LogP contribution < -0.4 is 4.90 Å². The minimum Gasteiger partial charge on any atom is -0.436 e. The van der Waals surface area contributed by atoms with E-state index in [0.29, 0.717) is 11.8 Å². The molecule has 0 aliphatic heterocycles. The van der Waals surface area contributed by atoms with Gasteiger partial charge in [-0.25, -0.2) is 9.97 Å². The van der Waals surface area contributed by atoms with Crippen molar-refractivity contribution in [2.24, 2.45) is 0 Å². The van der Waals surface area contributed by atoms with Crippen LogP contribution in [0.5, 0.6) is 0 Å². The van der Waals surface area contributed by atoms with Crippen molar-refractivity contribution in [2.45, 2.75) is 0 Å². The van der Waals surface area contributed by atoms with Crippen molar-refractivity contribution in [3.05, 3.63) is 182 Å². The van der Waals surface area contributed by atoms with Gasteiger partial charge >= 0.3 is 0 Å². The van der Waals surface area contributed by atoms with Crippen LogP contribution in [-0.4, -0.2) is 15.0 Å². The van der Waals surface area contributed by atoms with E-state index in [1.165, 1.54) is 0 Å². The molecule has 0 spiro atoms. The third-order valence-electron chi connectivity index (χ3n) is 9.60. The van der Waals surface area contributed by atoms with E-state index in [-0.39, 0.29) is 0 Å². The molecule has 0 bridgehead atoms. The molecule has 6 heteroatoms. The number of hydrogen-bond donors (Lipinski definition) is 0. The summed E-state index contributed by atoms with van der Waals surface area (Å²) in [6.07, 6.45) is 1.94. The maximum absolute atomic E-state index is 6.06. The second kappa shape index (κ2) is 12.8. The fraction of sp³-hybridized carbons (Fsp3) is 0. The lowest BCUT2D eigenvalue weighted by Gasteiger charge is -2.26. The van der Waals surface area contributed by atoms with E-state index >= 15 is 0 Å². The molecule has 3 heterocycles. The SMILES string of the molecule is c1ccc2ncc(-c3ccc(-c4ccc(N(c5ccc(-c6nc7ccccc7o6)cc5)c5ccc(-c6nc7ccccc7o6)cc5)cc4)cc3)cc2c1. The molecule has 0 N–H and O–H groups in total. The molecular formula is C47H30N4O2.